The zero-order valence-electron chi connectivity index (χ0n) is 30.2. The second kappa shape index (κ2) is 16.3. The number of hydrogen-bond acceptors (Lipinski definition) is 11. The first kappa shape index (κ1) is 36.3. The predicted molar refractivity (Wildman–Crippen MR) is 204 cm³/mol. The van der Waals surface area contributed by atoms with Crippen LogP contribution >= 0.6 is 11.8 Å². The van der Waals surface area contributed by atoms with E-state index in [1.807, 2.05) is 12.1 Å². The van der Waals surface area contributed by atoms with Gasteiger partial charge in [-0.25, -0.2) is 9.37 Å². The fourth-order valence-electron chi connectivity index (χ4n) is 8.65. The van der Waals surface area contributed by atoms with Crippen molar-refractivity contribution in [1.29, 1.82) is 0 Å². The Kier molecular flexibility index (Phi) is 11.2. The first-order chi connectivity index (χ1) is 25.8. The molecule has 0 saturated carbocycles. The van der Waals surface area contributed by atoms with Gasteiger partial charge in [0.2, 0.25) is 11.8 Å². The fraction of sp³-hybridized carbons (Fsp3) is 0.590. The second-order valence-corrected chi connectivity index (χ2v) is 16.5. The molecule has 14 heteroatoms. The molecule has 3 N–H and O–H groups in total. The maximum Gasteiger partial charge on any atom is 0.261 e. The van der Waals surface area contributed by atoms with Crippen molar-refractivity contribution in [1.82, 2.24) is 25.1 Å². The van der Waals surface area contributed by atoms with E-state index in [0.29, 0.717) is 65.5 Å². The molecule has 2 amide bonds. The van der Waals surface area contributed by atoms with Gasteiger partial charge in [0.05, 0.1) is 17.9 Å². The Hall–Kier alpha value is -3.72. The summed E-state index contributed by atoms with van der Waals surface area (Å²) in [5.74, 6) is 0.895. The SMILES string of the molecule is O=C1CCC(Nc2ccc(N3CC4CCC(C3)N4CCN3CCC(COc4cc(F)c5c(=O)[nH]c(CSC6CCOCC6)nc5c4)CC3)cc2)C(=O)N1. The van der Waals surface area contributed by atoms with Gasteiger partial charge < -0.3 is 29.6 Å². The van der Waals surface area contributed by atoms with Crippen molar-refractivity contribution < 1.29 is 23.5 Å². The molecular weight excluding hydrogens is 698 g/mol. The third-order valence-electron chi connectivity index (χ3n) is 11.7. The number of halogens is 1. The minimum absolute atomic E-state index is 0.0180. The third-order valence-corrected chi connectivity index (χ3v) is 13.1. The van der Waals surface area contributed by atoms with Gasteiger partial charge in [0, 0.05) is 86.7 Å². The fourth-order valence-corrected chi connectivity index (χ4v) is 9.71. The lowest BCUT2D eigenvalue weighted by atomic mass is 9.98. The number of aromatic nitrogens is 2. The molecule has 3 unspecified atom stereocenters. The van der Waals surface area contributed by atoms with E-state index >= 15 is 4.39 Å². The van der Waals surface area contributed by atoms with Gasteiger partial charge in [-0.1, -0.05) is 0 Å². The van der Waals surface area contributed by atoms with Gasteiger partial charge in [-0.15, -0.1) is 0 Å². The Balaban J connectivity index is 0.775. The highest BCUT2D eigenvalue weighted by molar-refractivity contribution is 7.99. The topological polar surface area (TPSA) is 132 Å². The highest BCUT2D eigenvalue weighted by atomic mass is 32.2. The smallest absolute Gasteiger partial charge is 0.261 e. The molecule has 1 aromatic heterocycles. The number of rotatable bonds is 12. The summed E-state index contributed by atoms with van der Waals surface area (Å²) < 4.78 is 26.6. The van der Waals surface area contributed by atoms with Crippen molar-refractivity contribution in [3.05, 3.63) is 58.4 Å². The monoisotopic (exact) mass is 747 g/mol. The standard InChI is InChI=1S/C39H50FN7O5S/c40-32-19-30(20-34-37(32)39(50)43-35(42-34)24-53-31-11-17-51-18-12-31)52-23-25-9-13-45(14-10-25)15-16-47-28-5-6-29(47)22-46(21-28)27-3-1-26(2-4-27)41-33-7-8-36(48)44-38(33)49/h1-4,19-20,25,28-29,31,33,41H,5-18,21-24H2,(H,42,43,50)(H,44,48,49). The normalized spacial score (nSPS) is 24.8. The molecule has 12 nitrogen and oxygen atoms in total. The van der Waals surface area contributed by atoms with Gasteiger partial charge in [-0.3, -0.25) is 24.6 Å². The number of nitrogens with one attached hydrogen (secondary N) is 3. The maximum absolute atomic E-state index is 15.1. The van der Waals surface area contributed by atoms with E-state index in [1.165, 1.54) is 24.6 Å². The van der Waals surface area contributed by atoms with Gasteiger partial charge in [0.15, 0.2) is 0 Å². The second-order valence-electron chi connectivity index (χ2n) is 15.3. The number of carbonyl (C=O) groups is 2. The number of anilines is 2. The Morgan fingerprint density at radius 3 is 2.43 bits per heavy atom. The first-order valence-corrected chi connectivity index (χ1v) is 20.4. The van der Waals surface area contributed by atoms with E-state index in [0.717, 1.165) is 83.9 Å². The largest absolute Gasteiger partial charge is 0.493 e. The van der Waals surface area contributed by atoms with Gasteiger partial charge in [0.1, 0.15) is 28.8 Å². The molecule has 5 aliphatic heterocycles. The number of hydrogen-bond donors (Lipinski definition) is 3. The highest BCUT2D eigenvalue weighted by Crippen LogP contribution is 2.33. The number of ether oxygens (including phenoxy) is 2. The average Bonchev–Trinajstić information content (AvgIpc) is 3.40. The lowest BCUT2D eigenvalue weighted by Gasteiger charge is -2.43. The van der Waals surface area contributed by atoms with Crippen LogP contribution in [0.3, 0.4) is 0 Å². The minimum atomic E-state index is -0.600. The molecule has 5 fully saturated rings. The van der Waals surface area contributed by atoms with Gasteiger partial charge in [-0.05, 0) is 88.2 Å². The number of thioether (sulfide) groups is 1. The minimum Gasteiger partial charge on any atom is -0.493 e. The number of nitrogens with zero attached hydrogens (tertiary/aromatic N) is 4. The quantitative estimate of drug-likeness (QED) is 0.231. The van der Waals surface area contributed by atoms with Crippen LogP contribution < -0.4 is 25.8 Å². The number of piperazine rings is 1. The molecule has 6 heterocycles. The Bertz CT molecular complexity index is 1820. The number of fused-ring (bicyclic) bond motifs is 3. The number of piperidine rings is 2. The number of aromatic amines is 1. The van der Waals surface area contributed by atoms with Crippen molar-refractivity contribution in [3.63, 3.8) is 0 Å². The summed E-state index contributed by atoms with van der Waals surface area (Å²) in [6, 6.07) is 12.1. The van der Waals surface area contributed by atoms with E-state index in [2.05, 4.69) is 47.4 Å². The van der Waals surface area contributed by atoms with Crippen LogP contribution in [0.4, 0.5) is 15.8 Å². The van der Waals surface area contributed by atoms with Crippen LogP contribution in [0.2, 0.25) is 0 Å². The van der Waals surface area contributed by atoms with Crippen molar-refractivity contribution in [2.24, 2.45) is 5.92 Å². The molecule has 3 atom stereocenters. The first-order valence-electron chi connectivity index (χ1n) is 19.3. The number of benzene rings is 2. The third kappa shape index (κ3) is 8.66. The molecule has 0 spiro atoms. The van der Waals surface area contributed by atoms with Gasteiger partial charge >= 0.3 is 0 Å². The Labute approximate surface area is 313 Å². The molecule has 5 saturated heterocycles. The number of carbonyl (C=O) groups excluding carboxylic acids is 2. The van der Waals surface area contributed by atoms with E-state index in [9.17, 15) is 14.4 Å². The van der Waals surface area contributed by atoms with Crippen LogP contribution in [-0.4, -0.2) is 114 Å². The van der Waals surface area contributed by atoms with Crippen LogP contribution in [0.25, 0.3) is 10.9 Å². The van der Waals surface area contributed by atoms with E-state index < -0.39 is 11.4 Å². The van der Waals surface area contributed by atoms with Crippen molar-refractivity contribution in [2.45, 2.75) is 80.5 Å². The highest BCUT2D eigenvalue weighted by Gasteiger charge is 2.40. The summed E-state index contributed by atoms with van der Waals surface area (Å²) in [4.78, 5) is 51.5. The Morgan fingerprint density at radius 2 is 1.70 bits per heavy atom. The van der Waals surface area contributed by atoms with Crippen LogP contribution in [0.1, 0.15) is 57.2 Å². The molecule has 3 aromatic rings. The molecule has 284 valence electrons. The zero-order valence-corrected chi connectivity index (χ0v) is 31.0. The summed E-state index contributed by atoms with van der Waals surface area (Å²) in [5, 5.41) is 6.14. The van der Waals surface area contributed by atoms with Crippen molar-refractivity contribution >= 4 is 45.9 Å². The summed E-state index contributed by atoms with van der Waals surface area (Å²) in [5.41, 5.74) is 1.99. The van der Waals surface area contributed by atoms with E-state index in [1.54, 1.807) is 17.8 Å². The summed E-state index contributed by atoms with van der Waals surface area (Å²) in [6.07, 6.45) is 7.38. The van der Waals surface area contributed by atoms with Gasteiger partial charge in [0.25, 0.3) is 5.56 Å². The van der Waals surface area contributed by atoms with Crippen molar-refractivity contribution in [2.75, 3.05) is 69.3 Å². The molecule has 53 heavy (non-hydrogen) atoms. The summed E-state index contributed by atoms with van der Waals surface area (Å²) >= 11 is 1.76. The molecule has 0 radical (unpaired) electrons. The molecule has 5 aliphatic rings. The summed E-state index contributed by atoms with van der Waals surface area (Å²) in [6.45, 7) is 8.28. The van der Waals surface area contributed by atoms with E-state index in [4.69, 9.17) is 9.47 Å². The van der Waals surface area contributed by atoms with Crippen LogP contribution in [-0.2, 0) is 20.1 Å². The lowest BCUT2D eigenvalue weighted by Crippen LogP contribution is -2.55. The lowest BCUT2D eigenvalue weighted by molar-refractivity contribution is -0.133. The van der Waals surface area contributed by atoms with Crippen LogP contribution in [0, 0.1) is 11.7 Å². The van der Waals surface area contributed by atoms with Crippen LogP contribution in [0.15, 0.2) is 41.2 Å². The zero-order chi connectivity index (χ0) is 36.3. The molecule has 2 aromatic carbocycles. The number of likely N-dealkylation sites (tertiary alicyclic amines) is 1. The number of amides is 2. The number of imide groups is 1. The molecular formula is C39H50FN7O5S. The predicted octanol–water partition coefficient (Wildman–Crippen LogP) is 4.14. The molecule has 8 rings (SSSR count). The molecule has 2 bridgehead atoms. The molecule has 0 aliphatic carbocycles. The maximum atomic E-state index is 15.1. The average molecular weight is 748 g/mol. The Morgan fingerprint density at radius 1 is 0.943 bits per heavy atom. The summed E-state index contributed by atoms with van der Waals surface area (Å²) in [7, 11) is 0. The van der Waals surface area contributed by atoms with Crippen molar-refractivity contribution in [3.8, 4) is 5.75 Å². The number of H-pyrrole nitrogens is 1. The van der Waals surface area contributed by atoms with Gasteiger partial charge in [-0.2, -0.15) is 11.8 Å². The van der Waals surface area contributed by atoms with Crippen LogP contribution in [0.5, 0.6) is 5.75 Å². The van der Waals surface area contributed by atoms with E-state index in [-0.39, 0.29) is 23.2 Å².